The quantitative estimate of drug-likeness (QED) is 0.190. The Kier molecular flexibility index (Phi) is 17.6. The molecule has 1 unspecified atom stereocenters. The number of nitrogens with two attached hydrogens (primary N) is 1. The zero-order chi connectivity index (χ0) is 18.8. The number of aliphatic hydroxyl groups is 2. The van der Waals surface area contributed by atoms with Gasteiger partial charge in [-0.15, -0.1) is 0 Å². The average Bonchev–Trinajstić information content (AvgIpc) is 2.58. The second-order valence-corrected chi connectivity index (χ2v) is 7.15. The molecule has 0 saturated heterocycles. The van der Waals surface area contributed by atoms with E-state index in [1.165, 1.54) is 57.8 Å². The molecule has 1 atom stereocenters. The fourth-order valence-corrected chi connectivity index (χ4v) is 2.86. The maximum atomic E-state index is 11.6. The lowest BCUT2D eigenvalue weighted by Crippen LogP contribution is -2.36. The number of aliphatic hydroxyl groups excluding tert-OH is 1. The molecule has 0 aromatic heterocycles. The van der Waals surface area contributed by atoms with E-state index in [1.54, 1.807) is 0 Å². The molecule has 0 aromatic carbocycles. The van der Waals surface area contributed by atoms with Crippen LogP contribution in [-0.4, -0.2) is 28.3 Å². The third kappa shape index (κ3) is 17.9. The van der Waals surface area contributed by atoms with Crippen molar-refractivity contribution >= 4 is 5.78 Å². The molecule has 0 amide bonds. The van der Waals surface area contributed by atoms with Gasteiger partial charge >= 0.3 is 0 Å². The molecule has 0 aliphatic rings. The van der Waals surface area contributed by atoms with E-state index in [0.717, 1.165) is 25.7 Å². The summed E-state index contributed by atoms with van der Waals surface area (Å²) in [5, 5.41) is 17.7. The van der Waals surface area contributed by atoms with Crippen LogP contribution < -0.4 is 5.73 Å². The molecule has 148 valence electrons. The average molecular weight is 356 g/mol. The molecular formula is C21H41NO3. The van der Waals surface area contributed by atoms with Gasteiger partial charge in [0.1, 0.15) is 5.78 Å². The van der Waals surface area contributed by atoms with Gasteiger partial charge in [-0.25, -0.2) is 0 Å². The van der Waals surface area contributed by atoms with Crippen LogP contribution in [-0.2, 0) is 4.79 Å². The molecule has 0 heterocycles. The monoisotopic (exact) mass is 355 g/mol. The van der Waals surface area contributed by atoms with Crippen molar-refractivity contribution in [1.29, 1.82) is 0 Å². The number of Topliss-reactive ketones (excluding diaryl/α,β-unsaturated/α-hetero) is 1. The molecule has 0 fully saturated rings. The van der Waals surface area contributed by atoms with Gasteiger partial charge in [0.15, 0.2) is 6.29 Å². The van der Waals surface area contributed by atoms with Crippen LogP contribution in [0.1, 0.15) is 103 Å². The highest BCUT2D eigenvalue weighted by molar-refractivity contribution is 5.78. The maximum absolute atomic E-state index is 11.6. The first-order valence-electron chi connectivity index (χ1n) is 10.4. The number of unbranched alkanes of at least 4 members (excludes halogenated alkanes) is 11. The number of hydrogen-bond acceptors (Lipinski definition) is 4. The van der Waals surface area contributed by atoms with Crippen LogP contribution in [0.4, 0.5) is 0 Å². The third-order valence-corrected chi connectivity index (χ3v) is 4.56. The summed E-state index contributed by atoms with van der Waals surface area (Å²) in [5.41, 5.74) is 5.45. The summed E-state index contributed by atoms with van der Waals surface area (Å²) in [6.07, 6.45) is 19.7. The second-order valence-electron chi connectivity index (χ2n) is 7.15. The molecule has 0 bridgehead atoms. The predicted octanol–water partition coefficient (Wildman–Crippen LogP) is 4.62. The molecule has 0 aliphatic carbocycles. The van der Waals surface area contributed by atoms with Gasteiger partial charge < -0.3 is 15.9 Å². The molecule has 0 aromatic rings. The topological polar surface area (TPSA) is 83.6 Å². The normalized spacial score (nSPS) is 13.0. The number of allylic oxidation sites excluding steroid dienone is 2. The van der Waals surface area contributed by atoms with E-state index in [4.69, 9.17) is 15.9 Å². The van der Waals surface area contributed by atoms with E-state index in [-0.39, 0.29) is 12.2 Å². The van der Waals surface area contributed by atoms with Crippen LogP contribution in [0, 0.1) is 0 Å². The molecule has 0 radical (unpaired) electrons. The van der Waals surface area contributed by atoms with E-state index in [2.05, 4.69) is 19.1 Å². The number of rotatable bonds is 18. The van der Waals surface area contributed by atoms with E-state index in [0.29, 0.717) is 6.42 Å². The van der Waals surface area contributed by atoms with Crippen molar-refractivity contribution in [3.8, 4) is 0 Å². The highest BCUT2D eigenvalue weighted by Crippen LogP contribution is 2.11. The number of carbonyl (C=O) groups excluding carboxylic acids is 1. The first-order valence-corrected chi connectivity index (χ1v) is 10.4. The summed E-state index contributed by atoms with van der Waals surface area (Å²) in [6.45, 7) is 2.25. The van der Waals surface area contributed by atoms with Gasteiger partial charge in [-0.1, -0.05) is 70.4 Å². The van der Waals surface area contributed by atoms with E-state index < -0.39 is 12.3 Å². The second kappa shape index (κ2) is 18.1. The largest absolute Gasteiger partial charge is 0.367 e. The van der Waals surface area contributed by atoms with Crippen molar-refractivity contribution < 1.29 is 15.0 Å². The fourth-order valence-electron chi connectivity index (χ4n) is 2.86. The first kappa shape index (κ1) is 24.3. The Bertz CT molecular complexity index is 329. The first-order chi connectivity index (χ1) is 12.1. The summed E-state index contributed by atoms with van der Waals surface area (Å²) in [5.74, 6) is 0.0261. The van der Waals surface area contributed by atoms with Gasteiger partial charge in [0, 0.05) is 12.8 Å². The minimum absolute atomic E-state index is 0.0261. The minimum Gasteiger partial charge on any atom is -0.367 e. The maximum Gasteiger partial charge on any atom is 0.167 e. The lowest BCUT2D eigenvalue weighted by molar-refractivity contribution is -0.123. The third-order valence-electron chi connectivity index (χ3n) is 4.56. The Morgan fingerprint density at radius 1 is 0.840 bits per heavy atom. The van der Waals surface area contributed by atoms with E-state index in [9.17, 15) is 4.79 Å². The van der Waals surface area contributed by atoms with Gasteiger partial charge in [-0.2, -0.15) is 0 Å². The summed E-state index contributed by atoms with van der Waals surface area (Å²) < 4.78 is 0. The van der Waals surface area contributed by atoms with Gasteiger partial charge in [-0.3, -0.25) is 4.79 Å². The lowest BCUT2D eigenvalue weighted by Gasteiger charge is -2.12. The zero-order valence-corrected chi connectivity index (χ0v) is 16.3. The van der Waals surface area contributed by atoms with Crippen molar-refractivity contribution in [2.24, 2.45) is 5.73 Å². The van der Waals surface area contributed by atoms with Crippen LogP contribution in [0.5, 0.6) is 0 Å². The van der Waals surface area contributed by atoms with Crippen molar-refractivity contribution in [2.75, 3.05) is 0 Å². The summed E-state index contributed by atoms with van der Waals surface area (Å²) in [6, 6.07) is -0.851. The van der Waals surface area contributed by atoms with Crippen LogP contribution in [0.2, 0.25) is 0 Å². The van der Waals surface area contributed by atoms with Crippen LogP contribution in [0.3, 0.4) is 0 Å². The molecule has 4 heteroatoms. The number of carbonyl (C=O) groups is 1. The van der Waals surface area contributed by atoms with Crippen molar-refractivity contribution in [2.45, 2.75) is 116 Å². The molecule has 4 N–H and O–H groups in total. The standard InChI is InChI=1S/C21H41NO3/c1-2-3-4-5-6-7-8-9-10-11-12-13-14-15-16-17-19(23)18-20(22)21(24)25/h9-10,20-21,24-25H,2-8,11-18,22H2,1H3. The highest BCUT2D eigenvalue weighted by Gasteiger charge is 2.15. The molecule has 0 rings (SSSR count). The van der Waals surface area contributed by atoms with Crippen LogP contribution in [0.25, 0.3) is 0 Å². The van der Waals surface area contributed by atoms with Gasteiger partial charge in [0.2, 0.25) is 0 Å². The van der Waals surface area contributed by atoms with Crippen LogP contribution in [0.15, 0.2) is 12.2 Å². The Labute approximate surface area is 154 Å². The van der Waals surface area contributed by atoms with E-state index in [1.807, 2.05) is 0 Å². The summed E-state index contributed by atoms with van der Waals surface area (Å²) in [7, 11) is 0. The minimum atomic E-state index is -1.60. The Hall–Kier alpha value is -0.710. The lowest BCUT2D eigenvalue weighted by atomic mass is 10.0. The van der Waals surface area contributed by atoms with Crippen LogP contribution >= 0.6 is 0 Å². The molecule has 0 aliphatic heterocycles. The fraction of sp³-hybridized carbons (Fsp3) is 0.857. The Morgan fingerprint density at radius 2 is 1.32 bits per heavy atom. The zero-order valence-electron chi connectivity index (χ0n) is 16.3. The van der Waals surface area contributed by atoms with Crippen molar-refractivity contribution in [3.05, 3.63) is 12.2 Å². The number of ketones is 1. The summed E-state index contributed by atoms with van der Waals surface area (Å²) >= 11 is 0. The predicted molar refractivity (Wildman–Crippen MR) is 105 cm³/mol. The molecule has 0 spiro atoms. The highest BCUT2D eigenvalue weighted by atomic mass is 16.5. The van der Waals surface area contributed by atoms with Crippen molar-refractivity contribution in [1.82, 2.24) is 0 Å². The van der Waals surface area contributed by atoms with Gasteiger partial charge in [0.05, 0.1) is 6.04 Å². The SMILES string of the molecule is CCCCCCCCC=CCCCCCCCC(=O)CC(N)C(O)O. The summed E-state index contributed by atoms with van der Waals surface area (Å²) in [4.78, 5) is 11.6. The molecule has 0 saturated carbocycles. The number of hydrogen-bond donors (Lipinski definition) is 3. The Morgan fingerprint density at radius 3 is 1.84 bits per heavy atom. The van der Waals surface area contributed by atoms with Gasteiger partial charge in [0.25, 0.3) is 0 Å². The van der Waals surface area contributed by atoms with E-state index >= 15 is 0 Å². The van der Waals surface area contributed by atoms with Gasteiger partial charge in [-0.05, 0) is 32.1 Å². The molecule has 4 nitrogen and oxygen atoms in total. The van der Waals surface area contributed by atoms with Crippen molar-refractivity contribution in [3.63, 3.8) is 0 Å². The molecule has 25 heavy (non-hydrogen) atoms. The smallest absolute Gasteiger partial charge is 0.167 e. The Balaban J connectivity index is 3.28. The molecular weight excluding hydrogens is 314 g/mol.